The number of halogens is 1. The molecule has 0 unspecified atom stereocenters. The predicted octanol–water partition coefficient (Wildman–Crippen LogP) is 3.20. The van der Waals surface area contributed by atoms with Crippen LogP contribution < -0.4 is 0 Å². The van der Waals surface area contributed by atoms with Gasteiger partial charge < -0.3 is 0 Å². The van der Waals surface area contributed by atoms with E-state index >= 15 is 0 Å². The van der Waals surface area contributed by atoms with E-state index in [0.29, 0.717) is 6.04 Å². The highest BCUT2D eigenvalue weighted by atomic mass is 79.9. The van der Waals surface area contributed by atoms with Crippen LogP contribution in [0.2, 0.25) is 0 Å². The molecule has 1 aromatic heterocycles. The second-order valence-electron chi connectivity index (χ2n) is 3.79. The Hall–Kier alpha value is -0.310. The van der Waals surface area contributed by atoms with E-state index in [1.54, 1.807) is 0 Å². The largest absolute Gasteiger partial charge is 0.269 e. The summed E-state index contributed by atoms with van der Waals surface area (Å²) in [6.07, 6.45) is 7.55. The van der Waals surface area contributed by atoms with E-state index in [2.05, 4.69) is 38.8 Å². The lowest BCUT2D eigenvalue weighted by Crippen LogP contribution is -2.04. The molecule has 0 amide bonds. The molecule has 0 aliphatic heterocycles. The maximum absolute atomic E-state index is 4.55. The molecule has 0 spiro atoms. The normalized spacial score (nSPS) is 18.3. The van der Waals surface area contributed by atoms with E-state index in [4.69, 9.17) is 0 Å². The fourth-order valence-electron chi connectivity index (χ4n) is 2.01. The topological polar surface area (TPSA) is 17.8 Å². The Morgan fingerprint density at radius 3 is 2.77 bits per heavy atom. The number of hydrogen-bond donors (Lipinski definition) is 0. The minimum absolute atomic E-state index is 0.673. The van der Waals surface area contributed by atoms with E-state index in [-0.39, 0.29) is 0 Å². The summed E-state index contributed by atoms with van der Waals surface area (Å²) < 4.78 is 2.17. The van der Waals surface area contributed by atoms with E-state index in [1.807, 2.05) is 0 Å². The zero-order valence-electron chi connectivity index (χ0n) is 7.96. The first-order valence-electron chi connectivity index (χ1n) is 4.92. The number of rotatable bonds is 2. The zero-order chi connectivity index (χ0) is 9.26. The number of aryl methyl sites for hydroxylation is 1. The SMILES string of the molecule is Cc1nn(C2CCCC2)cc1CBr. The Morgan fingerprint density at radius 1 is 1.54 bits per heavy atom. The molecule has 13 heavy (non-hydrogen) atoms. The van der Waals surface area contributed by atoms with Gasteiger partial charge in [0, 0.05) is 17.1 Å². The smallest absolute Gasteiger partial charge is 0.0634 e. The molecule has 1 heterocycles. The van der Waals surface area contributed by atoms with E-state index in [1.165, 1.54) is 36.9 Å². The molecule has 0 radical (unpaired) electrons. The summed E-state index contributed by atoms with van der Waals surface area (Å²) >= 11 is 3.48. The molecule has 3 heteroatoms. The van der Waals surface area contributed by atoms with Crippen molar-refractivity contribution in [2.24, 2.45) is 0 Å². The summed E-state index contributed by atoms with van der Waals surface area (Å²) in [5.41, 5.74) is 2.50. The fourth-order valence-corrected chi connectivity index (χ4v) is 2.56. The van der Waals surface area contributed by atoms with E-state index < -0.39 is 0 Å². The Labute approximate surface area is 87.5 Å². The molecule has 0 bridgehead atoms. The van der Waals surface area contributed by atoms with Crippen LogP contribution in [0.1, 0.15) is 43.0 Å². The van der Waals surface area contributed by atoms with Crippen LogP contribution in [0, 0.1) is 6.92 Å². The van der Waals surface area contributed by atoms with Crippen molar-refractivity contribution in [2.75, 3.05) is 0 Å². The molecule has 1 fully saturated rings. The number of alkyl halides is 1. The summed E-state index contributed by atoms with van der Waals surface area (Å²) in [6.45, 7) is 2.09. The molecule has 1 aromatic rings. The average molecular weight is 243 g/mol. The Morgan fingerprint density at radius 2 is 2.23 bits per heavy atom. The predicted molar refractivity (Wildman–Crippen MR) is 57.1 cm³/mol. The number of hydrogen-bond acceptors (Lipinski definition) is 1. The zero-order valence-corrected chi connectivity index (χ0v) is 9.55. The van der Waals surface area contributed by atoms with Crippen molar-refractivity contribution in [3.8, 4) is 0 Å². The van der Waals surface area contributed by atoms with Gasteiger partial charge in [-0.15, -0.1) is 0 Å². The van der Waals surface area contributed by atoms with Crippen LogP contribution in [0.15, 0.2) is 6.20 Å². The molecule has 0 N–H and O–H groups in total. The van der Waals surface area contributed by atoms with Crippen molar-refractivity contribution in [2.45, 2.75) is 44.0 Å². The standard InChI is InChI=1S/C10H15BrN2/c1-8-9(6-11)7-13(12-8)10-4-2-3-5-10/h7,10H,2-6H2,1H3. The molecule has 1 aliphatic carbocycles. The highest BCUT2D eigenvalue weighted by Crippen LogP contribution is 2.29. The van der Waals surface area contributed by atoms with Crippen LogP contribution >= 0.6 is 15.9 Å². The van der Waals surface area contributed by atoms with Gasteiger partial charge >= 0.3 is 0 Å². The highest BCUT2D eigenvalue weighted by molar-refractivity contribution is 9.08. The Kier molecular flexibility index (Phi) is 2.72. The molecule has 2 rings (SSSR count). The van der Waals surface area contributed by atoms with Crippen molar-refractivity contribution in [1.29, 1.82) is 0 Å². The van der Waals surface area contributed by atoms with Gasteiger partial charge in [-0.25, -0.2) is 0 Å². The van der Waals surface area contributed by atoms with E-state index in [0.717, 1.165) is 5.33 Å². The monoisotopic (exact) mass is 242 g/mol. The van der Waals surface area contributed by atoms with Crippen LogP contribution in [-0.4, -0.2) is 9.78 Å². The first kappa shape index (κ1) is 9.25. The van der Waals surface area contributed by atoms with Crippen molar-refractivity contribution >= 4 is 15.9 Å². The van der Waals surface area contributed by atoms with Crippen LogP contribution in [-0.2, 0) is 5.33 Å². The van der Waals surface area contributed by atoms with Gasteiger partial charge in [0.05, 0.1) is 11.7 Å². The van der Waals surface area contributed by atoms with Gasteiger partial charge in [-0.3, -0.25) is 4.68 Å². The summed E-state index contributed by atoms with van der Waals surface area (Å²) in [5, 5.41) is 5.47. The Bertz CT molecular complexity index is 287. The molecule has 0 saturated heterocycles. The van der Waals surface area contributed by atoms with Gasteiger partial charge in [0.2, 0.25) is 0 Å². The third kappa shape index (κ3) is 1.80. The fraction of sp³-hybridized carbons (Fsp3) is 0.700. The van der Waals surface area contributed by atoms with E-state index in [9.17, 15) is 0 Å². The second-order valence-corrected chi connectivity index (χ2v) is 4.35. The third-order valence-corrected chi connectivity index (χ3v) is 3.47. The van der Waals surface area contributed by atoms with Gasteiger partial charge in [-0.1, -0.05) is 28.8 Å². The van der Waals surface area contributed by atoms with Crippen LogP contribution in [0.4, 0.5) is 0 Å². The quantitative estimate of drug-likeness (QED) is 0.729. The van der Waals surface area contributed by atoms with Gasteiger partial charge in [0.1, 0.15) is 0 Å². The number of nitrogens with zero attached hydrogens (tertiary/aromatic N) is 2. The van der Waals surface area contributed by atoms with Gasteiger partial charge in [0.15, 0.2) is 0 Å². The minimum Gasteiger partial charge on any atom is -0.269 e. The highest BCUT2D eigenvalue weighted by Gasteiger charge is 2.18. The molecule has 0 aromatic carbocycles. The van der Waals surface area contributed by atoms with Gasteiger partial charge in [0.25, 0.3) is 0 Å². The summed E-state index contributed by atoms with van der Waals surface area (Å²) in [5.74, 6) is 0. The van der Waals surface area contributed by atoms with Crippen LogP contribution in [0.3, 0.4) is 0 Å². The van der Waals surface area contributed by atoms with Gasteiger partial charge in [-0.05, 0) is 19.8 Å². The summed E-state index contributed by atoms with van der Waals surface area (Å²) in [7, 11) is 0. The third-order valence-electron chi connectivity index (χ3n) is 2.86. The maximum Gasteiger partial charge on any atom is 0.0634 e. The molecule has 0 atom stereocenters. The molecule has 1 saturated carbocycles. The van der Waals surface area contributed by atoms with Crippen molar-refractivity contribution in [1.82, 2.24) is 9.78 Å². The van der Waals surface area contributed by atoms with Crippen LogP contribution in [0.5, 0.6) is 0 Å². The van der Waals surface area contributed by atoms with Crippen molar-refractivity contribution < 1.29 is 0 Å². The summed E-state index contributed by atoms with van der Waals surface area (Å²) in [6, 6.07) is 0.673. The lowest BCUT2D eigenvalue weighted by atomic mass is 10.2. The molecular formula is C10H15BrN2. The summed E-state index contributed by atoms with van der Waals surface area (Å²) in [4.78, 5) is 0. The van der Waals surface area contributed by atoms with Gasteiger partial charge in [-0.2, -0.15) is 5.10 Å². The molecule has 1 aliphatic rings. The van der Waals surface area contributed by atoms with Crippen LogP contribution in [0.25, 0.3) is 0 Å². The second kappa shape index (κ2) is 3.82. The Balaban J connectivity index is 2.20. The maximum atomic E-state index is 4.55. The molecule has 2 nitrogen and oxygen atoms in total. The first-order chi connectivity index (χ1) is 6.31. The lowest BCUT2D eigenvalue weighted by Gasteiger charge is -2.08. The van der Waals surface area contributed by atoms with Crippen molar-refractivity contribution in [3.05, 3.63) is 17.5 Å². The lowest BCUT2D eigenvalue weighted by molar-refractivity contribution is 0.464. The molecular weight excluding hydrogens is 228 g/mol. The molecule has 72 valence electrons. The number of aromatic nitrogens is 2. The first-order valence-corrected chi connectivity index (χ1v) is 6.04. The van der Waals surface area contributed by atoms with Crippen molar-refractivity contribution in [3.63, 3.8) is 0 Å². The average Bonchev–Trinajstić information content (AvgIpc) is 2.71. The minimum atomic E-state index is 0.673.